The number of carbonyl (C=O) groups is 1. The molecule has 0 spiro atoms. The Hall–Kier alpha value is -1.79. The van der Waals surface area contributed by atoms with Gasteiger partial charge < -0.3 is 10.1 Å². The number of H-pyrrole nitrogens is 1. The summed E-state index contributed by atoms with van der Waals surface area (Å²) in [7, 11) is 0. The smallest absolute Gasteiger partial charge is 0.338 e. The van der Waals surface area contributed by atoms with Crippen molar-refractivity contribution < 1.29 is 9.90 Å². The van der Waals surface area contributed by atoms with E-state index in [1.807, 2.05) is 31.2 Å². The molecule has 6 heteroatoms. The lowest BCUT2D eigenvalue weighted by Gasteiger charge is -2.05. The van der Waals surface area contributed by atoms with Crippen molar-refractivity contribution in [2.24, 2.45) is 0 Å². The third-order valence-electron chi connectivity index (χ3n) is 3.01. The highest BCUT2D eigenvalue weighted by atomic mass is 79.9. The van der Waals surface area contributed by atoms with E-state index in [9.17, 15) is 9.90 Å². The standard InChI is InChI=1S/C15H11BrN2O2S/c1-8-5-6-10-11(7-8)18-15(17-10)21-12-4-2-3-9(16)13(12)14(19)20/h2-7H,1H3,(H,17,18)(H,19,20). The molecule has 0 bridgehead atoms. The predicted octanol–water partition coefficient (Wildman–Crippen LogP) is 4.48. The second kappa shape index (κ2) is 5.54. The summed E-state index contributed by atoms with van der Waals surface area (Å²) in [5.41, 5.74) is 3.22. The van der Waals surface area contributed by atoms with Gasteiger partial charge >= 0.3 is 5.97 Å². The van der Waals surface area contributed by atoms with Crippen LogP contribution in [-0.2, 0) is 0 Å². The molecule has 1 heterocycles. The summed E-state index contributed by atoms with van der Waals surface area (Å²) in [6.07, 6.45) is 0. The zero-order valence-electron chi connectivity index (χ0n) is 11.1. The van der Waals surface area contributed by atoms with Crippen molar-refractivity contribution in [2.45, 2.75) is 17.0 Å². The van der Waals surface area contributed by atoms with Crippen LogP contribution in [0, 0.1) is 6.92 Å². The Kier molecular flexibility index (Phi) is 3.73. The first-order valence-corrected chi connectivity index (χ1v) is 7.81. The summed E-state index contributed by atoms with van der Waals surface area (Å²) < 4.78 is 0.562. The minimum Gasteiger partial charge on any atom is -0.478 e. The van der Waals surface area contributed by atoms with Crippen molar-refractivity contribution >= 4 is 44.7 Å². The van der Waals surface area contributed by atoms with Gasteiger partial charge in [0.15, 0.2) is 5.16 Å². The van der Waals surface area contributed by atoms with Gasteiger partial charge in [-0.2, -0.15) is 0 Å². The van der Waals surface area contributed by atoms with Crippen LogP contribution in [0.2, 0.25) is 0 Å². The first-order chi connectivity index (χ1) is 10.0. The third-order valence-corrected chi connectivity index (χ3v) is 4.62. The normalized spacial score (nSPS) is 11.0. The molecule has 3 aromatic rings. The second-order valence-corrected chi connectivity index (χ2v) is 6.47. The molecule has 0 radical (unpaired) electrons. The minimum absolute atomic E-state index is 0.249. The number of aromatic amines is 1. The number of hydrogen-bond acceptors (Lipinski definition) is 3. The number of halogens is 1. The first kappa shape index (κ1) is 14.2. The van der Waals surface area contributed by atoms with Crippen molar-refractivity contribution in [1.82, 2.24) is 9.97 Å². The number of nitrogens with one attached hydrogen (secondary N) is 1. The molecule has 0 unspecified atom stereocenters. The largest absolute Gasteiger partial charge is 0.478 e. The number of imidazole rings is 1. The van der Waals surface area contributed by atoms with Crippen LogP contribution in [-0.4, -0.2) is 21.0 Å². The average Bonchev–Trinajstić information content (AvgIpc) is 2.79. The molecule has 4 nitrogen and oxygen atoms in total. The van der Waals surface area contributed by atoms with E-state index >= 15 is 0 Å². The molecule has 0 aliphatic heterocycles. The SMILES string of the molecule is Cc1ccc2nc(Sc3cccc(Br)c3C(=O)O)[nH]c2c1. The van der Waals surface area contributed by atoms with E-state index in [0.717, 1.165) is 16.6 Å². The quantitative estimate of drug-likeness (QED) is 0.720. The maximum atomic E-state index is 11.4. The van der Waals surface area contributed by atoms with Crippen LogP contribution >= 0.6 is 27.7 Å². The number of nitrogens with zero attached hydrogens (tertiary/aromatic N) is 1. The lowest BCUT2D eigenvalue weighted by Crippen LogP contribution is -2.00. The number of rotatable bonds is 3. The Morgan fingerprint density at radius 2 is 2.14 bits per heavy atom. The Morgan fingerprint density at radius 3 is 2.90 bits per heavy atom. The highest BCUT2D eigenvalue weighted by molar-refractivity contribution is 9.10. The fourth-order valence-corrected chi connectivity index (χ4v) is 3.68. The molecule has 0 aliphatic carbocycles. The van der Waals surface area contributed by atoms with Gasteiger partial charge in [0.2, 0.25) is 0 Å². The lowest BCUT2D eigenvalue weighted by molar-refractivity contribution is 0.0692. The van der Waals surface area contributed by atoms with E-state index in [1.54, 1.807) is 12.1 Å². The van der Waals surface area contributed by atoms with Gasteiger partial charge in [-0.15, -0.1) is 0 Å². The van der Waals surface area contributed by atoms with Crippen LogP contribution in [0.1, 0.15) is 15.9 Å². The number of carboxylic acids is 1. The highest BCUT2D eigenvalue weighted by Crippen LogP contribution is 2.33. The van der Waals surface area contributed by atoms with E-state index < -0.39 is 5.97 Å². The predicted molar refractivity (Wildman–Crippen MR) is 86.1 cm³/mol. The second-order valence-electron chi connectivity index (χ2n) is 4.58. The molecule has 0 fully saturated rings. The summed E-state index contributed by atoms with van der Waals surface area (Å²) in [5, 5.41) is 10.0. The summed E-state index contributed by atoms with van der Waals surface area (Å²) >= 11 is 4.59. The Balaban J connectivity index is 2.02. The van der Waals surface area contributed by atoms with Gasteiger partial charge in [0.1, 0.15) is 0 Å². The van der Waals surface area contributed by atoms with Gasteiger partial charge in [-0.1, -0.05) is 23.9 Å². The third kappa shape index (κ3) is 2.82. The number of benzene rings is 2. The van der Waals surface area contributed by atoms with Gasteiger partial charge in [-0.25, -0.2) is 9.78 Å². The molecule has 3 rings (SSSR count). The van der Waals surface area contributed by atoms with E-state index in [0.29, 0.717) is 14.5 Å². The van der Waals surface area contributed by atoms with Crippen LogP contribution in [0.3, 0.4) is 0 Å². The minimum atomic E-state index is -0.961. The van der Waals surface area contributed by atoms with Crippen molar-refractivity contribution in [1.29, 1.82) is 0 Å². The van der Waals surface area contributed by atoms with Gasteiger partial charge in [-0.3, -0.25) is 0 Å². The van der Waals surface area contributed by atoms with Gasteiger partial charge in [0.05, 0.1) is 16.6 Å². The van der Waals surface area contributed by atoms with Gasteiger partial charge in [0.25, 0.3) is 0 Å². The monoisotopic (exact) mass is 362 g/mol. The molecule has 0 amide bonds. The van der Waals surface area contributed by atoms with Crippen LogP contribution in [0.25, 0.3) is 11.0 Å². The number of aromatic nitrogens is 2. The molecule has 0 atom stereocenters. The number of carboxylic acid groups (broad SMARTS) is 1. The number of fused-ring (bicyclic) bond motifs is 1. The van der Waals surface area contributed by atoms with Crippen molar-refractivity contribution in [2.75, 3.05) is 0 Å². The molecule has 2 N–H and O–H groups in total. The van der Waals surface area contributed by atoms with Crippen molar-refractivity contribution in [3.05, 3.63) is 52.0 Å². The van der Waals surface area contributed by atoms with Gasteiger partial charge in [-0.05, 0) is 52.7 Å². The molecule has 0 saturated carbocycles. The van der Waals surface area contributed by atoms with Crippen molar-refractivity contribution in [3.63, 3.8) is 0 Å². The average molecular weight is 363 g/mol. The number of aromatic carboxylic acids is 1. The van der Waals surface area contributed by atoms with Gasteiger partial charge in [0, 0.05) is 9.37 Å². The molecular formula is C15H11BrN2O2S. The Bertz CT molecular complexity index is 845. The molecule has 0 aliphatic rings. The van der Waals surface area contributed by atoms with Crippen molar-refractivity contribution in [3.8, 4) is 0 Å². The zero-order valence-corrected chi connectivity index (χ0v) is 13.5. The van der Waals surface area contributed by atoms with E-state index in [1.165, 1.54) is 11.8 Å². The number of aryl methyl sites for hydroxylation is 1. The van der Waals surface area contributed by atoms with Crippen LogP contribution in [0.5, 0.6) is 0 Å². The van der Waals surface area contributed by atoms with Crippen LogP contribution < -0.4 is 0 Å². The first-order valence-electron chi connectivity index (χ1n) is 6.20. The van der Waals surface area contributed by atoms with Crippen LogP contribution in [0.15, 0.2) is 50.9 Å². The highest BCUT2D eigenvalue weighted by Gasteiger charge is 2.16. The number of hydrogen-bond donors (Lipinski definition) is 2. The summed E-state index contributed by atoms with van der Waals surface area (Å²) in [5.74, 6) is -0.961. The van der Waals surface area contributed by atoms with E-state index in [-0.39, 0.29) is 5.56 Å². The molecule has 1 aromatic heterocycles. The maximum Gasteiger partial charge on any atom is 0.338 e. The fourth-order valence-electron chi connectivity index (χ4n) is 2.05. The summed E-state index contributed by atoms with van der Waals surface area (Å²) in [6, 6.07) is 11.3. The summed E-state index contributed by atoms with van der Waals surface area (Å²) in [6.45, 7) is 2.02. The maximum absolute atomic E-state index is 11.4. The topological polar surface area (TPSA) is 66.0 Å². The molecular weight excluding hydrogens is 352 g/mol. The fraction of sp³-hybridized carbons (Fsp3) is 0.0667. The van der Waals surface area contributed by atoms with E-state index in [4.69, 9.17) is 0 Å². The van der Waals surface area contributed by atoms with E-state index in [2.05, 4.69) is 25.9 Å². The zero-order chi connectivity index (χ0) is 15.0. The molecule has 21 heavy (non-hydrogen) atoms. The summed E-state index contributed by atoms with van der Waals surface area (Å²) in [4.78, 5) is 19.7. The Labute approximate surface area is 133 Å². The molecule has 2 aromatic carbocycles. The molecule has 0 saturated heterocycles. The van der Waals surface area contributed by atoms with Crippen LogP contribution in [0.4, 0.5) is 0 Å². The molecule has 106 valence electrons. The lowest BCUT2D eigenvalue weighted by atomic mass is 10.2. The Morgan fingerprint density at radius 1 is 1.33 bits per heavy atom.